The fourth-order valence-corrected chi connectivity index (χ4v) is 3.43. The average molecular weight is 360 g/mol. The van der Waals surface area contributed by atoms with Crippen LogP contribution in [0.5, 0.6) is 0 Å². The van der Waals surface area contributed by atoms with Gasteiger partial charge in [-0.05, 0) is 36.6 Å². The molecule has 1 aliphatic rings. The first-order valence-electron chi connectivity index (χ1n) is 9.46. The van der Waals surface area contributed by atoms with E-state index in [1.807, 2.05) is 18.2 Å². The van der Waals surface area contributed by atoms with Crippen molar-refractivity contribution in [1.29, 1.82) is 0 Å². The molecule has 27 heavy (non-hydrogen) atoms. The van der Waals surface area contributed by atoms with Crippen LogP contribution in [0.4, 0.5) is 5.82 Å². The van der Waals surface area contributed by atoms with Gasteiger partial charge >= 0.3 is 0 Å². The van der Waals surface area contributed by atoms with Crippen LogP contribution in [-0.2, 0) is 11.2 Å². The second kappa shape index (κ2) is 7.84. The lowest BCUT2D eigenvalue weighted by Gasteiger charge is -2.34. The van der Waals surface area contributed by atoms with Crippen molar-refractivity contribution in [3.05, 3.63) is 71.5 Å². The second-order valence-electron chi connectivity index (χ2n) is 6.77. The minimum atomic E-state index is 0.0540. The molecule has 5 nitrogen and oxygen atoms in total. The summed E-state index contributed by atoms with van der Waals surface area (Å²) in [6.07, 6.45) is 2.69. The number of rotatable bonds is 4. The summed E-state index contributed by atoms with van der Waals surface area (Å²) in [5.41, 5.74) is 4.34. The Hall–Kier alpha value is -2.79. The molecule has 1 saturated heterocycles. The van der Waals surface area contributed by atoms with E-state index in [0.717, 1.165) is 36.7 Å². The van der Waals surface area contributed by atoms with Crippen molar-refractivity contribution in [2.45, 2.75) is 26.4 Å². The molecule has 1 aromatic carbocycles. The van der Waals surface area contributed by atoms with Gasteiger partial charge in [-0.3, -0.25) is 4.98 Å². The van der Waals surface area contributed by atoms with Crippen LogP contribution in [0.25, 0.3) is 11.5 Å². The molecule has 0 bridgehead atoms. The number of nitrogens with zero attached hydrogens (tertiary/aromatic N) is 4. The van der Waals surface area contributed by atoms with E-state index in [1.54, 1.807) is 6.20 Å². The quantitative estimate of drug-likeness (QED) is 0.704. The number of hydrogen-bond donors (Lipinski definition) is 0. The van der Waals surface area contributed by atoms with Gasteiger partial charge in [0.05, 0.1) is 6.61 Å². The van der Waals surface area contributed by atoms with Gasteiger partial charge in [-0.2, -0.15) is 0 Å². The van der Waals surface area contributed by atoms with Crippen LogP contribution in [0.2, 0.25) is 0 Å². The van der Waals surface area contributed by atoms with Crippen LogP contribution in [0, 0.1) is 6.92 Å². The molecule has 138 valence electrons. The molecule has 1 atom stereocenters. The molecule has 1 aliphatic heterocycles. The van der Waals surface area contributed by atoms with E-state index < -0.39 is 0 Å². The first-order chi connectivity index (χ1) is 13.2. The summed E-state index contributed by atoms with van der Waals surface area (Å²) in [6, 6.07) is 16.3. The number of pyridine rings is 1. The highest BCUT2D eigenvalue weighted by molar-refractivity contribution is 5.54. The van der Waals surface area contributed by atoms with Gasteiger partial charge in [-0.25, -0.2) is 9.97 Å². The standard InChI is InChI=1S/C22H24N4O/c1-3-17-14-21(25-22(24-17)19-10-6-7-11-23-19)26-12-13-27-20(15-26)18-9-5-4-8-16(18)2/h4-11,14,20H,3,12-13,15H2,1-2H3. The summed E-state index contributed by atoms with van der Waals surface area (Å²) in [5.74, 6) is 1.63. The van der Waals surface area contributed by atoms with Gasteiger partial charge in [-0.1, -0.05) is 37.3 Å². The highest BCUT2D eigenvalue weighted by Crippen LogP contribution is 2.28. The lowest BCUT2D eigenvalue weighted by atomic mass is 10.0. The van der Waals surface area contributed by atoms with E-state index in [0.29, 0.717) is 12.4 Å². The molecule has 1 unspecified atom stereocenters. The Morgan fingerprint density at radius 3 is 2.74 bits per heavy atom. The molecule has 0 spiro atoms. The Morgan fingerprint density at radius 2 is 1.96 bits per heavy atom. The summed E-state index contributed by atoms with van der Waals surface area (Å²) in [7, 11) is 0. The minimum absolute atomic E-state index is 0.0540. The molecule has 0 aliphatic carbocycles. The Balaban J connectivity index is 1.65. The van der Waals surface area contributed by atoms with E-state index >= 15 is 0 Å². The van der Waals surface area contributed by atoms with E-state index in [4.69, 9.17) is 9.72 Å². The Morgan fingerprint density at radius 1 is 1.11 bits per heavy atom. The minimum Gasteiger partial charge on any atom is -0.370 e. The first-order valence-corrected chi connectivity index (χ1v) is 9.46. The smallest absolute Gasteiger partial charge is 0.180 e. The zero-order valence-corrected chi connectivity index (χ0v) is 15.8. The fourth-order valence-electron chi connectivity index (χ4n) is 3.43. The Labute approximate surface area is 160 Å². The van der Waals surface area contributed by atoms with Crippen molar-refractivity contribution in [2.75, 3.05) is 24.6 Å². The van der Waals surface area contributed by atoms with Crippen molar-refractivity contribution in [3.63, 3.8) is 0 Å². The van der Waals surface area contributed by atoms with Gasteiger partial charge in [0.15, 0.2) is 5.82 Å². The molecule has 0 saturated carbocycles. The number of benzene rings is 1. The normalized spacial score (nSPS) is 17.1. The van der Waals surface area contributed by atoms with Gasteiger partial charge in [0, 0.05) is 31.0 Å². The molecular weight excluding hydrogens is 336 g/mol. The molecule has 5 heteroatoms. The van der Waals surface area contributed by atoms with Gasteiger partial charge in [0.25, 0.3) is 0 Å². The summed E-state index contributed by atoms with van der Waals surface area (Å²) >= 11 is 0. The van der Waals surface area contributed by atoms with Gasteiger partial charge in [-0.15, -0.1) is 0 Å². The summed E-state index contributed by atoms with van der Waals surface area (Å²) < 4.78 is 6.07. The monoisotopic (exact) mass is 360 g/mol. The first kappa shape index (κ1) is 17.6. The predicted molar refractivity (Wildman–Crippen MR) is 107 cm³/mol. The molecule has 3 aromatic rings. The number of ether oxygens (including phenoxy) is 1. The zero-order valence-electron chi connectivity index (χ0n) is 15.8. The number of aryl methyl sites for hydroxylation is 2. The van der Waals surface area contributed by atoms with Crippen molar-refractivity contribution in [3.8, 4) is 11.5 Å². The second-order valence-corrected chi connectivity index (χ2v) is 6.77. The molecule has 0 amide bonds. The lowest BCUT2D eigenvalue weighted by molar-refractivity contribution is 0.0391. The van der Waals surface area contributed by atoms with E-state index in [9.17, 15) is 0 Å². The Kier molecular flexibility index (Phi) is 5.12. The van der Waals surface area contributed by atoms with E-state index in [2.05, 4.69) is 59.0 Å². The third-order valence-corrected chi connectivity index (χ3v) is 4.95. The third kappa shape index (κ3) is 3.83. The molecule has 2 aromatic heterocycles. The number of aromatic nitrogens is 3. The van der Waals surface area contributed by atoms with E-state index in [-0.39, 0.29) is 6.10 Å². The maximum Gasteiger partial charge on any atom is 0.180 e. The highest BCUT2D eigenvalue weighted by atomic mass is 16.5. The average Bonchev–Trinajstić information content (AvgIpc) is 2.74. The van der Waals surface area contributed by atoms with Crippen LogP contribution in [0.15, 0.2) is 54.7 Å². The number of morpholine rings is 1. The third-order valence-electron chi connectivity index (χ3n) is 4.95. The van der Waals surface area contributed by atoms with Crippen LogP contribution in [-0.4, -0.2) is 34.6 Å². The fraction of sp³-hybridized carbons (Fsp3) is 0.318. The van der Waals surface area contributed by atoms with Gasteiger partial charge in [0.1, 0.15) is 17.6 Å². The summed E-state index contributed by atoms with van der Waals surface area (Å²) in [6.45, 7) is 6.54. The maximum absolute atomic E-state index is 6.07. The molecule has 3 heterocycles. The van der Waals surface area contributed by atoms with Gasteiger partial charge < -0.3 is 9.64 Å². The molecule has 0 radical (unpaired) electrons. The topological polar surface area (TPSA) is 51.1 Å². The number of anilines is 1. The lowest BCUT2D eigenvalue weighted by Crippen LogP contribution is -2.39. The van der Waals surface area contributed by atoms with Crippen LogP contribution < -0.4 is 4.90 Å². The highest BCUT2D eigenvalue weighted by Gasteiger charge is 2.24. The van der Waals surface area contributed by atoms with Gasteiger partial charge in [0.2, 0.25) is 0 Å². The Bertz CT molecular complexity index is 913. The maximum atomic E-state index is 6.07. The van der Waals surface area contributed by atoms with Crippen molar-refractivity contribution >= 4 is 5.82 Å². The number of hydrogen-bond acceptors (Lipinski definition) is 5. The van der Waals surface area contributed by atoms with Crippen LogP contribution in [0.1, 0.15) is 29.8 Å². The molecule has 1 fully saturated rings. The van der Waals surface area contributed by atoms with E-state index in [1.165, 1.54) is 11.1 Å². The van der Waals surface area contributed by atoms with Crippen molar-refractivity contribution in [1.82, 2.24) is 15.0 Å². The molecule has 4 rings (SSSR count). The molecular formula is C22H24N4O. The summed E-state index contributed by atoms with van der Waals surface area (Å²) in [5, 5.41) is 0. The zero-order chi connectivity index (χ0) is 18.6. The summed E-state index contributed by atoms with van der Waals surface area (Å²) in [4.78, 5) is 16.2. The van der Waals surface area contributed by atoms with Crippen molar-refractivity contribution < 1.29 is 4.74 Å². The van der Waals surface area contributed by atoms with Crippen LogP contribution in [0.3, 0.4) is 0 Å². The predicted octanol–water partition coefficient (Wildman–Crippen LogP) is 3.99. The molecule has 0 N–H and O–H groups in total. The largest absolute Gasteiger partial charge is 0.370 e. The van der Waals surface area contributed by atoms with Crippen LogP contribution >= 0.6 is 0 Å². The van der Waals surface area contributed by atoms with Crippen molar-refractivity contribution in [2.24, 2.45) is 0 Å². The SMILES string of the molecule is CCc1cc(N2CCOC(c3ccccc3C)C2)nc(-c2ccccn2)n1.